The Morgan fingerprint density at radius 1 is 0.941 bits per heavy atom. The Kier molecular flexibility index (Phi) is 9.59. The van der Waals surface area contributed by atoms with Crippen molar-refractivity contribution in [2.75, 3.05) is 6.61 Å². The first-order valence-electron chi connectivity index (χ1n) is 9.28. The molecule has 188 valence electrons. The van der Waals surface area contributed by atoms with Crippen LogP contribution in [0.4, 0.5) is 8.78 Å². The van der Waals surface area contributed by atoms with Gasteiger partial charge in [0.1, 0.15) is 0 Å². The van der Waals surface area contributed by atoms with E-state index in [1.807, 2.05) is 12.1 Å². The Bertz CT molecular complexity index is 1150. The van der Waals surface area contributed by atoms with Gasteiger partial charge in [0.05, 0.1) is 0 Å². The molecule has 2 rings (SSSR count). The molecule has 34 heavy (non-hydrogen) atoms. The van der Waals surface area contributed by atoms with Crippen LogP contribution in [0.25, 0.3) is 0 Å². The van der Waals surface area contributed by atoms with Crippen LogP contribution in [0.5, 0.6) is 11.5 Å². The van der Waals surface area contributed by atoms with E-state index >= 15 is 0 Å². The molecule has 0 fully saturated rings. The molecule has 0 aliphatic heterocycles. The zero-order valence-electron chi connectivity index (χ0n) is 18.0. The molecule has 2 aromatic carbocycles. The number of hydrogen-bond donors (Lipinski definition) is 1. The molecule has 0 heterocycles. The summed E-state index contributed by atoms with van der Waals surface area (Å²) in [6.45, 7) is 5.06. The molecular formula is C20H20F2I2O8STe. The number of hydrogen-bond acceptors (Lipinski definition) is 7. The van der Waals surface area contributed by atoms with Crippen LogP contribution in [0.1, 0.15) is 20.8 Å². The average Bonchev–Trinajstić information content (AvgIpc) is 2.71. The number of alkyl halides is 2. The topological polar surface area (TPSA) is 116 Å². The van der Waals surface area contributed by atoms with Crippen LogP contribution in [0.3, 0.4) is 0 Å². The van der Waals surface area contributed by atoms with E-state index < -0.39 is 43.2 Å². The summed E-state index contributed by atoms with van der Waals surface area (Å²) in [6.07, 6.45) is 0. The summed E-state index contributed by atoms with van der Waals surface area (Å²) in [4.78, 5) is 23.2. The van der Waals surface area contributed by atoms with E-state index in [-0.39, 0.29) is 12.4 Å². The zero-order chi connectivity index (χ0) is 25.9. The Hall–Kier alpha value is -0.800. The third-order valence-corrected chi connectivity index (χ3v) is 23.2. The Balaban J connectivity index is 2.08. The van der Waals surface area contributed by atoms with E-state index in [0.717, 1.165) is 7.22 Å². The fraction of sp³-hybridized carbons (Fsp3) is 0.300. The number of benzene rings is 2. The summed E-state index contributed by atoms with van der Waals surface area (Å²) in [5.74, 6) is -2.69. The van der Waals surface area contributed by atoms with Gasteiger partial charge in [-0.25, -0.2) is 0 Å². The van der Waals surface area contributed by atoms with Crippen LogP contribution in [-0.4, -0.2) is 52.7 Å². The van der Waals surface area contributed by atoms with Gasteiger partial charge in [0.25, 0.3) is 0 Å². The van der Waals surface area contributed by atoms with Gasteiger partial charge in [-0.2, -0.15) is 0 Å². The molecule has 0 saturated heterocycles. The maximum absolute atomic E-state index is 13.4. The fourth-order valence-corrected chi connectivity index (χ4v) is 13.9. The molecule has 0 bridgehead atoms. The van der Waals surface area contributed by atoms with Gasteiger partial charge in [-0.3, -0.25) is 0 Å². The number of esters is 2. The van der Waals surface area contributed by atoms with Crippen molar-refractivity contribution in [2.45, 2.75) is 31.6 Å². The van der Waals surface area contributed by atoms with E-state index in [1.165, 1.54) is 12.1 Å². The van der Waals surface area contributed by atoms with Gasteiger partial charge in [-0.15, -0.1) is 0 Å². The fourth-order valence-electron chi connectivity index (χ4n) is 2.31. The third-order valence-electron chi connectivity index (χ3n) is 3.79. The minimum absolute atomic E-state index is 0.228. The summed E-state index contributed by atoms with van der Waals surface area (Å²) < 4.78 is 73.5. The van der Waals surface area contributed by atoms with Gasteiger partial charge in [0.2, 0.25) is 0 Å². The van der Waals surface area contributed by atoms with Gasteiger partial charge < -0.3 is 0 Å². The van der Waals surface area contributed by atoms with Crippen LogP contribution in [0, 0.1) is 0 Å². The summed E-state index contributed by atoms with van der Waals surface area (Å²) in [6, 6.07) is 12.9. The van der Waals surface area contributed by atoms with Crippen LogP contribution < -0.4 is 16.7 Å². The van der Waals surface area contributed by atoms with Gasteiger partial charge in [-0.1, -0.05) is 0 Å². The first-order chi connectivity index (χ1) is 15.4. The van der Waals surface area contributed by atoms with E-state index in [0.29, 0.717) is 5.75 Å². The Morgan fingerprint density at radius 2 is 1.38 bits per heavy atom. The number of rotatable bonds is 8. The summed E-state index contributed by atoms with van der Waals surface area (Å²) >= 11 is 4.70. The summed E-state index contributed by atoms with van der Waals surface area (Å²) in [7, 11) is -8.89. The van der Waals surface area contributed by atoms with E-state index in [9.17, 15) is 26.8 Å². The molecule has 2 aromatic rings. The minimum atomic E-state index is -5.95. The van der Waals surface area contributed by atoms with Crippen molar-refractivity contribution < 1.29 is 45.6 Å². The van der Waals surface area contributed by atoms with Crippen molar-refractivity contribution in [1.29, 1.82) is 0 Å². The van der Waals surface area contributed by atoms with Gasteiger partial charge in [-0.05, 0) is 0 Å². The van der Waals surface area contributed by atoms with Gasteiger partial charge in [0, 0.05) is 0 Å². The van der Waals surface area contributed by atoms with Crippen molar-refractivity contribution >= 4 is 77.0 Å². The van der Waals surface area contributed by atoms with Crippen molar-refractivity contribution in [3.05, 3.63) is 48.5 Å². The van der Waals surface area contributed by atoms with Crippen molar-refractivity contribution in [3.8, 4) is 11.5 Å². The standard InChI is InChI=1S/C20H20F2I2O8STe/c1-19(2,3)32-17(25)12-30-13-4-8-15(9-5-13)34(23,24)16-10-6-14(7-11-16)31-18(26)20(21,22)33(27,28)29/h4-11H,12H2,1-3H3,(H,27,28,29). The first-order valence-corrected chi connectivity index (χ1v) is 26.6. The summed E-state index contributed by atoms with van der Waals surface area (Å²) in [5, 5.41) is -5.08. The molecule has 0 aliphatic carbocycles. The number of carbonyl (C=O) groups excluding carboxylic acids is 2. The molecule has 0 saturated carbocycles. The Morgan fingerprint density at radius 3 is 1.79 bits per heavy atom. The molecule has 0 unspecified atom stereocenters. The van der Waals surface area contributed by atoms with E-state index in [1.54, 1.807) is 45.0 Å². The molecule has 8 nitrogen and oxygen atoms in total. The molecule has 1 N–H and O–H groups in total. The van der Waals surface area contributed by atoms with Crippen LogP contribution >= 0.6 is 37.4 Å². The molecule has 0 aliphatic rings. The second-order valence-corrected chi connectivity index (χ2v) is 43.5. The molecule has 14 heteroatoms. The SMILES string of the molecule is CC(C)(C)OC(=O)COc1ccc([Te](I)(I)c2ccc(OC(=O)C(F)(F)S(=O)(=O)O)cc2)cc1. The molecular weight excluding hydrogens is 820 g/mol. The van der Waals surface area contributed by atoms with Crippen LogP contribution in [0.15, 0.2) is 48.5 Å². The average molecular weight is 840 g/mol. The van der Waals surface area contributed by atoms with E-state index in [4.69, 9.17) is 14.0 Å². The van der Waals surface area contributed by atoms with E-state index in [2.05, 4.69) is 42.1 Å². The van der Waals surface area contributed by atoms with Crippen LogP contribution in [-0.2, 0) is 24.4 Å². The molecule has 0 spiro atoms. The maximum atomic E-state index is 13.4. The molecule has 0 atom stereocenters. The predicted molar refractivity (Wildman–Crippen MR) is 139 cm³/mol. The monoisotopic (exact) mass is 842 g/mol. The predicted octanol–water partition coefficient (Wildman–Crippen LogP) is 3.22. The van der Waals surface area contributed by atoms with Crippen molar-refractivity contribution in [2.24, 2.45) is 0 Å². The second-order valence-electron chi connectivity index (χ2n) is 7.67. The van der Waals surface area contributed by atoms with Crippen LogP contribution in [0.2, 0.25) is 0 Å². The quantitative estimate of drug-likeness (QED) is 0.142. The number of carbonyl (C=O) groups is 2. The number of ether oxygens (including phenoxy) is 3. The summed E-state index contributed by atoms with van der Waals surface area (Å²) in [5.41, 5.74) is -0.606. The van der Waals surface area contributed by atoms with Crippen molar-refractivity contribution in [1.82, 2.24) is 0 Å². The van der Waals surface area contributed by atoms with Crippen molar-refractivity contribution in [3.63, 3.8) is 0 Å². The van der Waals surface area contributed by atoms with Gasteiger partial charge in [0.15, 0.2) is 0 Å². The second kappa shape index (κ2) is 11.1. The normalized spacial score (nSPS) is 13.2. The first kappa shape index (κ1) is 29.4. The third kappa shape index (κ3) is 7.85. The molecule has 0 aromatic heterocycles. The molecule has 0 radical (unpaired) electrons. The number of halogens is 4. The Labute approximate surface area is 218 Å². The zero-order valence-corrected chi connectivity index (χ0v) is 25.4. The molecule has 0 amide bonds. The van der Waals surface area contributed by atoms with Gasteiger partial charge >= 0.3 is 221 Å².